The van der Waals surface area contributed by atoms with E-state index in [9.17, 15) is 14.5 Å². The highest BCUT2D eigenvalue weighted by Gasteiger charge is 2.16. The van der Waals surface area contributed by atoms with Crippen molar-refractivity contribution in [1.29, 1.82) is 0 Å². The number of nitro groups is 1. The summed E-state index contributed by atoms with van der Waals surface area (Å²) in [5, 5.41) is 13.7. The number of ether oxygens (including phenoxy) is 1. The lowest BCUT2D eigenvalue weighted by Gasteiger charge is -2.10. The summed E-state index contributed by atoms with van der Waals surface area (Å²) in [6.07, 6.45) is 0.108. The Bertz CT molecular complexity index is 436. The molecule has 0 aliphatic rings. The number of hydrogen-bond acceptors (Lipinski definition) is 4. The van der Waals surface area contributed by atoms with E-state index in [2.05, 4.69) is 5.32 Å². The summed E-state index contributed by atoms with van der Waals surface area (Å²) in [5.74, 6) is -0.578. The predicted octanol–water partition coefficient (Wildman–Crippen LogP) is 2.88. The van der Waals surface area contributed by atoms with Gasteiger partial charge < -0.3 is 10.1 Å². The Balaban J connectivity index is 2.74. The van der Waals surface area contributed by atoms with Crippen LogP contribution in [0.4, 0.5) is 15.8 Å². The van der Waals surface area contributed by atoms with Crippen LogP contribution in [0.25, 0.3) is 0 Å². The molecule has 0 heterocycles. The molecule has 0 aliphatic carbocycles. The average molecular weight is 256 g/mol. The lowest BCUT2D eigenvalue weighted by Crippen LogP contribution is -2.14. The monoisotopic (exact) mass is 256 g/mol. The first-order valence-electron chi connectivity index (χ1n) is 5.72. The molecule has 0 aromatic heterocycles. The summed E-state index contributed by atoms with van der Waals surface area (Å²) < 4.78 is 18.6. The van der Waals surface area contributed by atoms with E-state index in [-0.39, 0.29) is 11.8 Å². The second-order valence-corrected chi connectivity index (χ2v) is 4.22. The third-order valence-electron chi connectivity index (χ3n) is 2.34. The molecule has 0 saturated heterocycles. The smallest absolute Gasteiger partial charge is 0.295 e. The van der Waals surface area contributed by atoms with Crippen molar-refractivity contribution >= 4 is 11.4 Å². The van der Waals surface area contributed by atoms with Crippen LogP contribution < -0.4 is 5.32 Å². The molecule has 0 atom stereocenters. The SMILES string of the molecule is Cc1cc(NCCOC(C)C)c([N+](=O)[O-])cc1F. The first-order chi connectivity index (χ1) is 8.41. The Hall–Kier alpha value is -1.69. The highest BCUT2D eigenvalue weighted by molar-refractivity contribution is 5.63. The van der Waals surface area contributed by atoms with Crippen molar-refractivity contribution in [3.63, 3.8) is 0 Å². The van der Waals surface area contributed by atoms with Crippen LogP contribution in [0.2, 0.25) is 0 Å². The standard InChI is InChI=1S/C12H17FN2O3/c1-8(2)18-5-4-14-11-6-9(3)10(13)7-12(11)15(16)17/h6-8,14H,4-5H2,1-3H3. The van der Waals surface area contributed by atoms with Gasteiger partial charge in [0.2, 0.25) is 0 Å². The fourth-order valence-corrected chi connectivity index (χ4v) is 1.44. The average Bonchev–Trinajstić information content (AvgIpc) is 2.28. The molecule has 6 heteroatoms. The van der Waals surface area contributed by atoms with E-state index in [1.807, 2.05) is 13.8 Å². The van der Waals surface area contributed by atoms with Gasteiger partial charge in [-0.3, -0.25) is 10.1 Å². The van der Waals surface area contributed by atoms with Crippen molar-refractivity contribution in [2.45, 2.75) is 26.9 Å². The zero-order valence-electron chi connectivity index (χ0n) is 10.7. The molecule has 0 fully saturated rings. The zero-order valence-corrected chi connectivity index (χ0v) is 10.7. The van der Waals surface area contributed by atoms with Crippen LogP contribution in [0.15, 0.2) is 12.1 Å². The van der Waals surface area contributed by atoms with Gasteiger partial charge >= 0.3 is 0 Å². The second kappa shape index (κ2) is 6.30. The zero-order chi connectivity index (χ0) is 13.7. The van der Waals surface area contributed by atoms with E-state index >= 15 is 0 Å². The highest BCUT2D eigenvalue weighted by Crippen LogP contribution is 2.27. The van der Waals surface area contributed by atoms with E-state index < -0.39 is 10.7 Å². The summed E-state index contributed by atoms with van der Waals surface area (Å²) >= 11 is 0. The molecule has 0 unspecified atom stereocenters. The van der Waals surface area contributed by atoms with Crippen LogP contribution in [0, 0.1) is 22.9 Å². The number of halogens is 1. The maximum Gasteiger partial charge on any atom is 0.295 e. The van der Waals surface area contributed by atoms with Crippen molar-refractivity contribution in [3.8, 4) is 0 Å². The van der Waals surface area contributed by atoms with Gasteiger partial charge in [0, 0.05) is 6.54 Å². The lowest BCUT2D eigenvalue weighted by atomic mass is 10.2. The van der Waals surface area contributed by atoms with Crippen LogP contribution in [-0.4, -0.2) is 24.2 Å². The van der Waals surface area contributed by atoms with Crippen LogP contribution >= 0.6 is 0 Å². The van der Waals surface area contributed by atoms with E-state index in [0.29, 0.717) is 24.4 Å². The van der Waals surface area contributed by atoms with Gasteiger partial charge in [-0.05, 0) is 32.4 Å². The largest absolute Gasteiger partial charge is 0.377 e. The van der Waals surface area contributed by atoms with Crippen molar-refractivity contribution < 1.29 is 14.1 Å². The molecule has 0 amide bonds. The Labute approximate surface area is 105 Å². The maximum atomic E-state index is 13.3. The molecule has 0 aliphatic heterocycles. The maximum absolute atomic E-state index is 13.3. The fourth-order valence-electron chi connectivity index (χ4n) is 1.44. The first-order valence-corrected chi connectivity index (χ1v) is 5.72. The van der Waals surface area contributed by atoms with Gasteiger partial charge in [-0.2, -0.15) is 0 Å². The molecule has 18 heavy (non-hydrogen) atoms. The minimum absolute atomic E-state index is 0.108. The number of nitro benzene ring substituents is 1. The quantitative estimate of drug-likeness (QED) is 0.483. The van der Waals surface area contributed by atoms with Gasteiger partial charge in [-0.25, -0.2) is 4.39 Å². The molecule has 0 bridgehead atoms. The fraction of sp³-hybridized carbons (Fsp3) is 0.500. The van der Waals surface area contributed by atoms with E-state index in [1.165, 1.54) is 6.07 Å². The predicted molar refractivity (Wildman–Crippen MR) is 67.4 cm³/mol. The third-order valence-corrected chi connectivity index (χ3v) is 2.34. The minimum atomic E-state index is -0.603. The van der Waals surface area contributed by atoms with Crippen LogP contribution in [0.5, 0.6) is 0 Å². The molecule has 1 aromatic carbocycles. The number of anilines is 1. The van der Waals surface area contributed by atoms with Gasteiger partial charge in [0.1, 0.15) is 11.5 Å². The summed E-state index contributed by atoms with van der Waals surface area (Å²) in [5.41, 5.74) is 0.418. The number of hydrogen-bond donors (Lipinski definition) is 1. The van der Waals surface area contributed by atoms with Crippen molar-refractivity contribution in [2.24, 2.45) is 0 Å². The van der Waals surface area contributed by atoms with Crippen molar-refractivity contribution in [3.05, 3.63) is 33.6 Å². The van der Waals surface area contributed by atoms with Crippen LogP contribution in [-0.2, 0) is 4.74 Å². The van der Waals surface area contributed by atoms with Gasteiger partial charge in [-0.15, -0.1) is 0 Å². The summed E-state index contributed by atoms with van der Waals surface area (Å²) in [7, 11) is 0. The number of nitrogens with zero attached hydrogens (tertiary/aromatic N) is 1. The Morgan fingerprint density at radius 2 is 2.17 bits per heavy atom. The van der Waals surface area contributed by atoms with Crippen LogP contribution in [0.1, 0.15) is 19.4 Å². The van der Waals surface area contributed by atoms with Gasteiger partial charge in [-0.1, -0.05) is 0 Å². The second-order valence-electron chi connectivity index (χ2n) is 4.22. The number of benzene rings is 1. The molecular formula is C12H17FN2O3. The summed E-state index contributed by atoms with van der Waals surface area (Å²) in [6.45, 7) is 6.25. The lowest BCUT2D eigenvalue weighted by molar-refractivity contribution is -0.384. The number of aryl methyl sites for hydroxylation is 1. The normalized spacial score (nSPS) is 10.7. The molecular weight excluding hydrogens is 239 g/mol. The highest BCUT2D eigenvalue weighted by atomic mass is 19.1. The first kappa shape index (κ1) is 14.4. The molecule has 0 saturated carbocycles. The Kier molecular flexibility index (Phi) is 5.03. The summed E-state index contributed by atoms with van der Waals surface area (Å²) in [6, 6.07) is 2.36. The van der Waals surface area contributed by atoms with Gasteiger partial charge in [0.25, 0.3) is 5.69 Å². The van der Waals surface area contributed by atoms with Crippen molar-refractivity contribution in [1.82, 2.24) is 0 Å². The number of nitrogens with one attached hydrogen (secondary N) is 1. The number of rotatable bonds is 6. The van der Waals surface area contributed by atoms with E-state index in [0.717, 1.165) is 6.07 Å². The third kappa shape index (κ3) is 3.96. The molecule has 5 nitrogen and oxygen atoms in total. The molecule has 0 spiro atoms. The Morgan fingerprint density at radius 3 is 2.72 bits per heavy atom. The van der Waals surface area contributed by atoms with Crippen LogP contribution in [0.3, 0.4) is 0 Å². The minimum Gasteiger partial charge on any atom is -0.377 e. The molecule has 100 valence electrons. The Morgan fingerprint density at radius 1 is 1.50 bits per heavy atom. The van der Waals surface area contributed by atoms with Gasteiger partial charge in [0.05, 0.1) is 23.7 Å². The molecule has 1 N–H and O–H groups in total. The van der Waals surface area contributed by atoms with E-state index in [1.54, 1.807) is 6.92 Å². The molecule has 0 radical (unpaired) electrons. The van der Waals surface area contributed by atoms with Gasteiger partial charge in [0.15, 0.2) is 0 Å². The van der Waals surface area contributed by atoms with Crippen molar-refractivity contribution in [2.75, 3.05) is 18.5 Å². The summed E-state index contributed by atoms with van der Waals surface area (Å²) in [4.78, 5) is 10.2. The molecule has 1 rings (SSSR count). The molecule has 1 aromatic rings. The topological polar surface area (TPSA) is 64.4 Å². The van der Waals surface area contributed by atoms with E-state index in [4.69, 9.17) is 4.74 Å².